The minimum Gasteiger partial charge on any atom is -0.394 e. The molecule has 7 unspecified atom stereocenters. The Balaban J connectivity index is 2.63. The van der Waals surface area contributed by atoms with Crippen LogP contribution in [0.1, 0.15) is 84.5 Å². The van der Waals surface area contributed by atoms with Crippen LogP contribution < -0.4 is 5.32 Å². The predicted molar refractivity (Wildman–Crippen MR) is 138 cm³/mol. The van der Waals surface area contributed by atoms with E-state index in [4.69, 9.17) is 9.47 Å². The summed E-state index contributed by atoms with van der Waals surface area (Å²) in [5.41, 5.74) is 0. The van der Waals surface area contributed by atoms with Crippen molar-refractivity contribution in [3.05, 3.63) is 24.3 Å². The van der Waals surface area contributed by atoms with Crippen molar-refractivity contribution in [3.8, 4) is 0 Å². The Hall–Kier alpha value is -1.33. The maximum absolute atomic E-state index is 12.4. The molecule has 36 heavy (non-hydrogen) atoms. The van der Waals surface area contributed by atoms with E-state index in [2.05, 4.69) is 24.4 Å². The quantitative estimate of drug-likeness (QED) is 0.113. The van der Waals surface area contributed by atoms with Crippen LogP contribution in [0.4, 0.5) is 0 Å². The van der Waals surface area contributed by atoms with E-state index in [1.807, 2.05) is 13.0 Å². The van der Waals surface area contributed by atoms with Gasteiger partial charge in [-0.2, -0.15) is 0 Å². The van der Waals surface area contributed by atoms with Crippen LogP contribution >= 0.6 is 0 Å². The number of allylic oxidation sites excluding steroid dienone is 3. The first-order valence-corrected chi connectivity index (χ1v) is 13.6. The third-order valence-corrected chi connectivity index (χ3v) is 6.28. The summed E-state index contributed by atoms with van der Waals surface area (Å²) in [6.45, 7) is 3.47. The summed E-state index contributed by atoms with van der Waals surface area (Å²) in [5.74, 6) is -0.218. The van der Waals surface area contributed by atoms with Gasteiger partial charge in [-0.15, -0.1) is 0 Å². The van der Waals surface area contributed by atoms with Crippen molar-refractivity contribution < 1.29 is 39.8 Å². The van der Waals surface area contributed by atoms with Crippen LogP contribution in [0.3, 0.4) is 0 Å². The lowest BCUT2D eigenvalue weighted by Gasteiger charge is -2.40. The minimum atomic E-state index is -1.56. The van der Waals surface area contributed by atoms with Crippen LogP contribution in [0.25, 0.3) is 0 Å². The van der Waals surface area contributed by atoms with Gasteiger partial charge < -0.3 is 40.3 Å². The molecule has 210 valence electrons. The summed E-state index contributed by atoms with van der Waals surface area (Å²) in [6.07, 6.45) is 10.3. The number of hydrogen-bond donors (Lipinski definition) is 6. The Morgan fingerprint density at radius 1 is 0.917 bits per heavy atom. The zero-order valence-electron chi connectivity index (χ0n) is 22.0. The molecule has 6 N–H and O–H groups in total. The smallest absolute Gasteiger partial charge is 0.220 e. The van der Waals surface area contributed by atoms with Crippen molar-refractivity contribution >= 4 is 5.91 Å². The maximum Gasteiger partial charge on any atom is 0.220 e. The maximum atomic E-state index is 12.4. The first-order valence-electron chi connectivity index (χ1n) is 13.6. The fourth-order valence-electron chi connectivity index (χ4n) is 3.93. The lowest BCUT2D eigenvalue weighted by Crippen LogP contribution is -2.60. The Bertz CT molecular complexity index is 627. The fraction of sp³-hybridized carbons (Fsp3) is 0.815. The zero-order chi connectivity index (χ0) is 26.8. The van der Waals surface area contributed by atoms with Crippen molar-refractivity contribution in [2.45, 2.75) is 127 Å². The lowest BCUT2D eigenvalue weighted by molar-refractivity contribution is -0.302. The molecule has 0 aromatic rings. The molecule has 0 aromatic heterocycles. The first kappa shape index (κ1) is 32.7. The summed E-state index contributed by atoms with van der Waals surface area (Å²) in [6, 6.07) is -0.808. The summed E-state index contributed by atoms with van der Waals surface area (Å²) in [5, 5.41) is 52.9. The standard InChI is InChI=1S/C27H49NO8/c1-3-5-7-8-9-10-11-12-13-15-16-21(30)20(28-23(31)17-14-6-4-2)19-35-27-26(34)25(33)24(32)22(18-29)36-27/h10-11,15-16,20-22,24-27,29-30,32-34H,3-9,12-14,17-19H2,1-2H3,(H,28,31)/b11-10+,16-15+. The number of aliphatic hydroxyl groups excluding tert-OH is 5. The second-order valence-electron chi connectivity index (χ2n) is 9.48. The van der Waals surface area contributed by atoms with Crippen LogP contribution in [0.15, 0.2) is 24.3 Å². The second-order valence-corrected chi connectivity index (χ2v) is 9.48. The van der Waals surface area contributed by atoms with Gasteiger partial charge in [-0.3, -0.25) is 4.79 Å². The molecular formula is C27H49NO8. The predicted octanol–water partition coefficient (Wildman–Crippen LogP) is 2.09. The monoisotopic (exact) mass is 515 g/mol. The summed E-state index contributed by atoms with van der Waals surface area (Å²) in [7, 11) is 0. The Morgan fingerprint density at radius 3 is 2.28 bits per heavy atom. The average molecular weight is 516 g/mol. The normalized spacial score (nSPS) is 26.5. The van der Waals surface area contributed by atoms with Gasteiger partial charge in [0.05, 0.1) is 25.4 Å². The van der Waals surface area contributed by atoms with Gasteiger partial charge in [0.15, 0.2) is 6.29 Å². The van der Waals surface area contributed by atoms with Crippen LogP contribution in [-0.2, 0) is 14.3 Å². The highest BCUT2D eigenvalue weighted by atomic mass is 16.7. The zero-order valence-corrected chi connectivity index (χ0v) is 22.0. The number of unbranched alkanes of at least 4 members (excludes halogenated alkanes) is 7. The van der Waals surface area contributed by atoms with E-state index in [0.29, 0.717) is 6.42 Å². The van der Waals surface area contributed by atoms with Crippen LogP contribution in [0.5, 0.6) is 0 Å². The molecule has 1 aliphatic heterocycles. The Kier molecular flexibility index (Phi) is 17.9. The van der Waals surface area contributed by atoms with E-state index in [1.54, 1.807) is 6.08 Å². The van der Waals surface area contributed by atoms with Gasteiger partial charge in [0.25, 0.3) is 0 Å². The number of nitrogens with one attached hydrogen (secondary N) is 1. The van der Waals surface area contributed by atoms with Gasteiger partial charge in [0.1, 0.15) is 24.4 Å². The van der Waals surface area contributed by atoms with Gasteiger partial charge in [0, 0.05) is 6.42 Å². The van der Waals surface area contributed by atoms with E-state index in [0.717, 1.165) is 38.5 Å². The fourth-order valence-corrected chi connectivity index (χ4v) is 3.93. The summed E-state index contributed by atoms with van der Waals surface area (Å²) >= 11 is 0. The number of hydrogen-bond acceptors (Lipinski definition) is 8. The molecule has 1 fully saturated rings. The van der Waals surface area contributed by atoms with E-state index in [-0.39, 0.29) is 12.5 Å². The van der Waals surface area contributed by atoms with E-state index in [1.165, 1.54) is 25.7 Å². The van der Waals surface area contributed by atoms with Gasteiger partial charge >= 0.3 is 0 Å². The molecule has 0 aliphatic carbocycles. The first-order chi connectivity index (χ1) is 17.3. The van der Waals surface area contributed by atoms with Gasteiger partial charge in [-0.25, -0.2) is 0 Å². The third-order valence-electron chi connectivity index (χ3n) is 6.28. The molecular weight excluding hydrogens is 466 g/mol. The second kappa shape index (κ2) is 19.7. The number of rotatable bonds is 19. The number of carbonyl (C=O) groups excluding carboxylic acids is 1. The van der Waals surface area contributed by atoms with Crippen molar-refractivity contribution in [2.75, 3.05) is 13.2 Å². The number of amides is 1. The van der Waals surface area contributed by atoms with Crippen molar-refractivity contribution in [1.29, 1.82) is 0 Å². The molecule has 0 aromatic carbocycles. The Morgan fingerprint density at radius 2 is 1.58 bits per heavy atom. The highest BCUT2D eigenvalue weighted by molar-refractivity contribution is 5.76. The molecule has 1 amide bonds. The van der Waals surface area contributed by atoms with Crippen LogP contribution in [0, 0.1) is 0 Å². The molecule has 7 atom stereocenters. The summed E-state index contributed by atoms with van der Waals surface area (Å²) < 4.78 is 10.9. The molecule has 1 heterocycles. The van der Waals surface area contributed by atoms with Gasteiger partial charge in [-0.05, 0) is 32.1 Å². The molecule has 0 radical (unpaired) electrons. The van der Waals surface area contributed by atoms with Gasteiger partial charge in [-0.1, -0.05) is 70.3 Å². The topological polar surface area (TPSA) is 149 Å². The molecule has 1 saturated heterocycles. The molecule has 0 bridgehead atoms. The number of aliphatic hydroxyl groups is 5. The van der Waals surface area contributed by atoms with Crippen molar-refractivity contribution in [1.82, 2.24) is 5.32 Å². The number of ether oxygens (including phenoxy) is 2. The highest BCUT2D eigenvalue weighted by Crippen LogP contribution is 2.22. The van der Waals surface area contributed by atoms with Gasteiger partial charge in [0.2, 0.25) is 5.91 Å². The largest absolute Gasteiger partial charge is 0.394 e. The SMILES string of the molecule is CCCCCC/C=C/CC/C=C/C(O)C(COC1OC(CO)C(O)C(O)C1O)NC(=O)CCCCC. The van der Waals surface area contributed by atoms with Crippen molar-refractivity contribution in [2.24, 2.45) is 0 Å². The molecule has 9 heteroatoms. The average Bonchev–Trinajstić information content (AvgIpc) is 2.87. The summed E-state index contributed by atoms with van der Waals surface area (Å²) in [4.78, 5) is 12.4. The molecule has 0 saturated carbocycles. The highest BCUT2D eigenvalue weighted by Gasteiger charge is 2.44. The minimum absolute atomic E-state index is 0.203. The van der Waals surface area contributed by atoms with E-state index >= 15 is 0 Å². The molecule has 1 aliphatic rings. The Labute approximate surface area is 216 Å². The third kappa shape index (κ3) is 12.8. The van der Waals surface area contributed by atoms with E-state index < -0.39 is 49.5 Å². The van der Waals surface area contributed by atoms with Crippen molar-refractivity contribution in [3.63, 3.8) is 0 Å². The number of carbonyl (C=O) groups is 1. The molecule has 9 nitrogen and oxygen atoms in total. The molecule has 0 spiro atoms. The van der Waals surface area contributed by atoms with E-state index in [9.17, 15) is 30.3 Å². The van der Waals surface area contributed by atoms with Crippen LogP contribution in [0.2, 0.25) is 0 Å². The molecule has 1 rings (SSSR count). The van der Waals surface area contributed by atoms with Crippen LogP contribution in [-0.4, -0.2) is 87.5 Å². The lowest BCUT2D eigenvalue weighted by atomic mass is 9.99.